The highest BCUT2D eigenvalue weighted by atomic mass is 79.9. The fourth-order valence-electron chi connectivity index (χ4n) is 1.81. The first kappa shape index (κ1) is 14.4. The topological polar surface area (TPSA) is 48.7 Å². The molecule has 0 unspecified atom stereocenters. The zero-order chi connectivity index (χ0) is 14.9. The maximum atomic E-state index is 13.7. The summed E-state index contributed by atoms with van der Waals surface area (Å²) in [6.07, 6.45) is 0. The van der Waals surface area contributed by atoms with E-state index in [1.165, 1.54) is 6.07 Å². The minimum atomic E-state index is -0.754. The Labute approximate surface area is 123 Å². The summed E-state index contributed by atoms with van der Waals surface area (Å²) in [5.74, 6) is -1.19. The van der Waals surface area contributed by atoms with Gasteiger partial charge in [0.2, 0.25) is 0 Å². The van der Waals surface area contributed by atoms with Gasteiger partial charge in [-0.1, -0.05) is 0 Å². The Morgan fingerprint density at radius 2 is 1.90 bits per heavy atom. The van der Waals surface area contributed by atoms with Crippen molar-refractivity contribution in [3.63, 3.8) is 0 Å². The number of anilines is 2. The molecule has 0 fully saturated rings. The lowest BCUT2D eigenvalue weighted by Gasteiger charge is -2.11. The van der Waals surface area contributed by atoms with E-state index in [2.05, 4.69) is 26.2 Å². The number of hydrogen-bond acceptors (Lipinski definition) is 3. The molecule has 0 radical (unpaired) electrons. The molecule has 1 heterocycles. The van der Waals surface area contributed by atoms with Crippen molar-refractivity contribution in [3.05, 3.63) is 51.1 Å². The second-order valence-corrected chi connectivity index (χ2v) is 5.14. The van der Waals surface area contributed by atoms with Crippen molar-refractivity contribution in [2.45, 2.75) is 13.8 Å². The first-order valence-electron chi connectivity index (χ1n) is 5.72. The van der Waals surface area contributed by atoms with Gasteiger partial charge >= 0.3 is 0 Å². The van der Waals surface area contributed by atoms with Gasteiger partial charge in [0.15, 0.2) is 0 Å². The van der Waals surface area contributed by atoms with Crippen LogP contribution in [0.2, 0.25) is 0 Å². The van der Waals surface area contributed by atoms with Crippen molar-refractivity contribution >= 4 is 27.4 Å². The monoisotopic (exact) mass is 337 g/mol. The molecule has 102 valence electrons. The molecule has 0 aliphatic carbocycles. The molecule has 1 aromatic heterocycles. The molecule has 0 aliphatic rings. The van der Waals surface area contributed by atoms with Crippen molar-refractivity contribution in [2.24, 2.45) is 0 Å². The van der Waals surface area contributed by atoms with Gasteiger partial charge in [-0.2, -0.15) is 5.26 Å². The number of rotatable bonds is 2. The van der Waals surface area contributed by atoms with Crippen LogP contribution in [0.15, 0.2) is 22.7 Å². The number of nitrogens with one attached hydrogen (secondary N) is 1. The van der Waals surface area contributed by atoms with E-state index in [-0.39, 0.29) is 16.0 Å². The van der Waals surface area contributed by atoms with E-state index < -0.39 is 11.6 Å². The van der Waals surface area contributed by atoms with Gasteiger partial charge in [-0.25, -0.2) is 13.8 Å². The molecule has 0 saturated carbocycles. The summed E-state index contributed by atoms with van der Waals surface area (Å²) in [5.41, 5.74) is 1.82. The highest BCUT2D eigenvalue weighted by Gasteiger charge is 2.13. The Hall–Kier alpha value is -2.00. The first-order chi connectivity index (χ1) is 9.42. The molecule has 3 nitrogen and oxygen atoms in total. The van der Waals surface area contributed by atoms with E-state index in [4.69, 9.17) is 5.26 Å². The predicted octanol–water partition coefficient (Wildman–Crippen LogP) is 4.35. The molecule has 0 atom stereocenters. The van der Waals surface area contributed by atoms with Crippen molar-refractivity contribution in [3.8, 4) is 6.07 Å². The molecule has 1 N–H and O–H groups in total. The molecular weight excluding hydrogens is 328 g/mol. The van der Waals surface area contributed by atoms with Crippen molar-refractivity contribution < 1.29 is 8.78 Å². The third-order valence-electron chi connectivity index (χ3n) is 2.72. The molecule has 0 saturated heterocycles. The highest BCUT2D eigenvalue weighted by molar-refractivity contribution is 9.10. The van der Waals surface area contributed by atoms with Crippen LogP contribution in [0.5, 0.6) is 0 Å². The van der Waals surface area contributed by atoms with Gasteiger partial charge in [0.1, 0.15) is 23.5 Å². The van der Waals surface area contributed by atoms with E-state index in [1.807, 2.05) is 6.07 Å². The number of nitriles is 1. The van der Waals surface area contributed by atoms with Gasteiger partial charge in [-0.3, -0.25) is 0 Å². The maximum Gasteiger partial charge on any atom is 0.149 e. The normalized spacial score (nSPS) is 10.2. The van der Waals surface area contributed by atoms with Crippen molar-refractivity contribution in [1.82, 2.24) is 4.98 Å². The quantitative estimate of drug-likeness (QED) is 0.828. The summed E-state index contributed by atoms with van der Waals surface area (Å²) in [6, 6.07) is 5.82. The Morgan fingerprint density at radius 3 is 2.55 bits per heavy atom. The summed E-state index contributed by atoms with van der Waals surface area (Å²) in [7, 11) is 0. The molecule has 6 heteroatoms. The highest BCUT2D eigenvalue weighted by Crippen LogP contribution is 2.28. The number of aromatic nitrogens is 1. The predicted molar refractivity (Wildman–Crippen MR) is 75.8 cm³/mol. The summed E-state index contributed by atoms with van der Waals surface area (Å²) in [4.78, 5) is 4.18. The lowest BCUT2D eigenvalue weighted by atomic mass is 10.1. The summed E-state index contributed by atoms with van der Waals surface area (Å²) in [6.45, 7) is 3.55. The molecule has 1 aromatic carbocycles. The van der Waals surface area contributed by atoms with E-state index >= 15 is 0 Å². The van der Waals surface area contributed by atoms with Crippen molar-refractivity contribution in [2.75, 3.05) is 5.32 Å². The molecule has 2 aromatic rings. The van der Waals surface area contributed by atoms with Crippen LogP contribution in [0, 0.1) is 36.8 Å². The van der Waals surface area contributed by atoms with Crippen LogP contribution >= 0.6 is 15.9 Å². The fourth-order valence-corrected chi connectivity index (χ4v) is 2.16. The number of aryl methyl sites for hydroxylation is 2. The van der Waals surface area contributed by atoms with Gasteiger partial charge in [-0.05, 0) is 47.5 Å². The molecule has 2 rings (SSSR count). The molecular formula is C14H10BrF2N3. The lowest BCUT2D eigenvalue weighted by Crippen LogP contribution is -2.02. The fraction of sp³-hybridized carbons (Fsp3) is 0.143. The smallest absolute Gasteiger partial charge is 0.149 e. The van der Waals surface area contributed by atoms with Crippen LogP contribution in [-0.4, -0.2) is 4.98 Å². The molecule has 0 aliphatic heterocycles. The number of benzene rings is 1. The van der Waals surface area contributed by atoms with E-state index in [0.29, 0.717) is 11.3 Å². The number of nitrogens with zero attached hydrogens (tertiary/aromatic N) is 2. The van der Waals surface area contributed by atoms with Crippen LogP contribution < -0.4 is 5.32 Å². The van der Waals surface area contributed by atoms with Crippen molar-refractivity contribution in [1.29, 1.82) is 5.26 Å². The minimum absolute atomic E-state index is 0.0484. The largest absolute Gasteiger partial charge is 0.337 e. The van der Waals surface area contributed by atoms with Gasteiger partial charge in [0.25, 0.3) is 0 Å². The van der Waals surface area contributed by atoms with Crippen LogP contribution in [0.4, 0.5) is 20.3 Å². The number of pyridine rings is 1. The Kier molecular flexibility index (Phi) is 4.00. The molecule has 0 spiro atoms. The third kappa shape index (κ3) is 2.78. The zero-order valence-corrected chi connectivity index (χ0v) is 12.3. The third-order valence-corrected chi connectivity index (χ3v) is 3.33. The molecule has 0 bridgehead atoms. The van der Waals surface area contributed by atoms with Gasteiger partial charge in [0.05, 0.1) is 15.7 Å². The summed E-state index contributed by atoms with van der Waals surface area (Å²) in [5, 5.41) is 11.9. The molecule has 0 amide bonds. The van der Waals surface area contributed by atoms with Gasteiger partial charge in [-0.15, -0.1) is 0 Å². The van der Waals surface area contributed by atoms with E-state index in [0.717, 1.165) is 11.6 Å². The van der Waals surface area contributed by atoms with Crippen LogP contribution in [0.3, 0.4) is 0 Å². The van der Waals surface area contributed by atoms with E-state index in [9.17, 15) is 8.78 Å². The second kappa shape index (κ2) is 5.55. The summed E-state index contributed by atoms with van der Waals surface area (Å²) >= 11 is 2.99. The average molecular weight is 338 g/mol. The first-order valence-corrected chi connectivity index (χ1v) is 6.51. The maximum absolute atomic E-state index is 13.7. The summed E-state index contributed by atoms with van der Waals surface area (Å²) < 4.78 is 27.0. The van der Waals surface area contributed by atoms with Gasteiger partial charge in [0, 0.05) is 11.8 Å². The Balaban J connectivity index is 2.51. The van der Waals surface area contributed by atoms with Crippen LogP contribution in [0.25, 0.3) is 0 Å². The zero-order valence-electron chi connectivity index (χ0n) is 10.8. The Morgan fingerprint density at radius 1 is 1.20 bits per heavy atom. The van der Waals surface area contributed by atoms with E-state index in [1.54, 1.807) is 19.9 Å². The van der Waals surface area contributed by atoms with Crippen LogP contribution in [0.1, 0.15) is 16.8 Å². The van der Waals surface area contributed by atoms with Crippen LogP contribution in [-0.2, 0) is 0 Å². The SMILES string of the molecule is Cc1cc(C)c(C#N)c(Nc2cc(Br)c(F)cc2F)n1. The lowest BCUT2D eigenvalue weighted by molar-refractivity contribution is 0.581. The Bertz CT molecular complexity index is 723. The average Bonchev–Trinajstić information content (AvgIpc) is 2.35. The van der Waals surface area contributed by atoms with Gasteiger partial charge < -0.3 is 5.32 Å². The number of halogens is 3. The standard InChI is InChI=1S/C14H10BrF2N3/c1-7-3-8(2)19-14(9(7)6-18)20-13-4-10(15)11(16)5-12(13)17/h3-5H,1-2H3,(H,19,20). The minimum Gasteiger partial charge on any atom is -0.337 e. The molecule has 20 heavy (non-hydrogen) atoms. The number of hydrogen-bond donors (Lipinski definition) is 1. The second-order valence-electron chi connectivity index (χ2n) is 4.29.